The van der Waals surface area contributed by atoms with Crippen LogP contribution >= 0.6 is 11.3 Å². The number of carbonyl (C=O) groups excluding carboxylic acids is 1. The Bertz CT molecular complexity index is 1160. The number of hydrogen-bond acceptors (Lipinski definition) is 3. The van der Waals surface area contributed by atoms with Gasteiger partial charge in [-0.2, -0.15) is 0 Å². The van der Waals surface area contributed by atoms with Crippen LogP contribution in [0.5, 0.6) is 0 Å². The topological polar surface area (TPSA) is 46.4 Å². The zero-order valence-corrected chi connectivity index (χ0v) is 16.0. The lowest BCUT2D eigenvalue weighted by Gasteiger charge is -2.08. The van der Waals surface area contributed by atoms with Crippen molar-refractivity contribution in [2.75, 3.05) is 5.32 Å². The Morgan fingerprint density at radius 3 is 2.52 bits per heavy atom. The van der Waals surface area contributed by atoms with E-state index < -0.39 is 0 Å². The number of hydrogen-bond donors (Lipinski definition) is 1. The lowest BCUT2D eigenvalue weighted by molar-refractivity contribution is 0.102. The average molecular weight is 379 g/mol. The molecule has 6 heteroatoms. The van der Waals surface area contributed by atoms with Gasteiger partial charge in [0.1, 0.15) is 10.7 Å². The minimum Gasteiger partial charge on any atom is -0.321 e. The minimum atomic E-state index is -0.277. The normalized spacial score (nSPS) is 11.1. The molecule has 2 heterocycles. The van der Waals surface area contributed by atoms with Crippen molar-refractivity contribution in [2.24, 2.45) is 0 Å². The predicted octanol–water partition coefficient (Wildman–Crippen LogP) is 5.38. The highest BCUT2D eigenvalue weighted by atomic mass is 32.1. The highest BCUT2D eigenvalue weighted by molar-refractivity contribution is 7.19. The number of thiazole rings is 1. The number of benzene rings is 2. The molecule has 0 aliphatic heterocycles. The largest absolute Gasteiger partial charge is 0.321 e. The number of halogens is 1. The summed E-state index contributed by atoms with van der Waals surface area (Å²) in [6.45, 7) is 5.90. The van der Waals surface area contributed by atoms with Gasteiger partial charge < -0.3 is 5.32 Å². The van der Waals surface area contributed by atoms with E-state index in [0.29, 0.717) is 4.88 Å². The van der Waals surface area contributed by atoms with Crippen molar-refractivity contribution < 1.29 is 9.18 Å². The molecule has 27 heavy (non-hydrogen) atoms. The SMILES string of the molecule is Cc1ccc(NC(=O)c2sc3nc(-c4ccc(F)cc4)cn3c2C)c(C)c1. The maximum atomic E-state index is 13.1. The Hall–Kier alpha value is -2.99. The predicted molar refractivity (Wildman–Crippen MR) is 107 cm³/mol. The number of aryl methyl sites for hydroxylation is 3. The number of imidazole rings is 1. The van der Waals surface area contributed by atoms with Gasteiger partial charge in [0.05, 0.1) is 5.69 Å². The standard InChI is InChI=1S/C21H18FN3OS/c1-12-4-9-17(13(2)10-12)23-20(26)19-14(3)25-11-18(24-21(25)27-19)15-5-7-16(22)8-6-15/h4-11H,1-3H3,(H,23,26). The monoisotopic (exact) mass is 379 g/mol. The van der Waals surface area contributed by atoms with E-state index in [1.54, 1.807) is 12.1 Å². The van der Waals surface area contributed by atoms with Gasteiger partial charge >= 0.3 is 0 Å². The molecule has 4 rings (SSSR count). The molecular formula is C21H18FN3OS. The van der Waals surface area contributed by atoms with Crippen molar-refractivity contribution in [3.8, 4) is 11.3 Å². The number of nitrogens with zero attached hydrogens (tertiary/aromatic N) is 2. The summed E-state index contributed by atoms with van der Waals surface area (Å²) in [4.78, 5) is 18.7. The van der Waals surface area contributed by atoms with Crippen LogP contribution < -0.4 is 5.32 Å². The molecular weight excluding hydrogens is 361 g/mol. The van der Waals surface area contributed by atoms with E-state index in [1.165, 1.54) is 23.5 Å². The van der Waals surface area contributed by atoms with E-state index in [-0.39, 0.29) is 11.7 Å². The molecule has 4 nitrogen and oxygen atoms in total. The Morgan fingerprint density at radius 1 is 1.11 bits per heavy atom. The van der Waals surface area contributed by atoms with E-state index >= 15 is 0 Å². The molecule has 4 aromatic rings. The summed E-state index contributed by atoms with van der Waals surface area (Å²) in [6, 6.07) is 12.2. The van der Waals surface area contributed by atoms with Crippen molar-refractivity contribution >= 4 is 27.9 Å². The smallest absolute Gasteiger partial charge is 0.267 e. The van der Waals surface area contributed by atoms with Gasteiger partial charge in [-0.1, -0.05) is 29.0 Å². The molecule has 0 atom stereocenters. The second-order valence-corrected chi connectivity index (χ2v) is 7.55. The maximum absolute atomic E-state index is 13.1. The zero-order valence-electron chi connectivity index (χ0n) is 15.2. The van der Waals surface area contributed by atoms with Gasteiger partial charge in [0.2, 0.25) is 0 Å². The van der Waals surface area contributed by atoms with Crippen molar-refractivity contribution in [1.29, 1.82) is 0 Å². The van der Waals surface area contributed by atoms with Crippen molar-refractivity contribution in [1.82, 2.24) is 9.38 Å². The van der Waals surface area contributed by atoms with E-state index in [2.05, 4.69) is 10.3 Å². The van der Waals surface area contributed by atoms with Crippen LogP contribution in [0.25, 0.3) is 16.2 Å². The molecule has 0 aliphatic rings. The Morgan fingerprint density at radius 2 is 1.85 bits per heavy atom. The fourth-order valence-corrected chi connectivity index (χ4v) is 4.06. The van der Waals surface area contributed by atoms with Gasteiger partial charge in [-0.05, 0) is 56.7 Å². The molecule has 1 amide bonds. The van der Waals surface area contributed by atoms with Crippen LogP contribution in [-0.4, -0.2) is 15.3 Å². The number of rotatable bonds is 3. The molecule has 0 bridgehead atoms. The van der Waals surface area contributed by atoms with Gasteiger partial charge in [0.15, 0.2) is 4.96 Å². The van der Waals surface area contributed by atoms with Gasteiger partial charge in [-0.3, -0.25) is 9.20 Å². The van der Waals surface area contributed by atoms with Crippen molar-refractivity contribution in [3.05, 3.63) is 76.2 Å². The van der Waals surface area contributed by atoms with Crippen LogP contribution in [0.1, 0.15) is 26.5 Å². The third-order valence-corrected chi connectivity index (χ3v) is 5.69. The minimum absolute atomic E-state index is 0.140. The molecule has 136 valence electrons. The summed E-state index contributed by atoms with van der Waals surface area (Å²) >= 11 is 1.34. The molecule has 0 aliphatic carbocycles. The average Bonchev–Trinajstić information content (AvgIpc) is 3.18. The highest BCUT2D eigenvalue weighted by Gasteiger charge is 2.18. The third kappa shape index (κ3) is 3.24. The Balaban J connectivity index is 1.64. The summed E-state index contributed by atoms with van der Waals surface area (Å²) in [6.07, 6.45) is 1.88. The molecule has 0 spiro atoms. The van der Waals surface area contributed by atoms with E-state index in [0.717, 1.165) is 38.7 Å². The number of aromatic nitrogens is 2. The fourth-order valence-electron chi connectivity index (χ4n) is 3.05. The van der Waals surface area contributed by atoms with E-state index in [9.17, 15) is 9.18 Å². The summed E-state index contributed by atoms with van der Waals surface area (Å²) < 4.78 is 15.0. The highest BCUT2D eigenvalue weighted by Crippen LogP contribution is 2.28. The molecule has 1 N–H and O–H groups in total. The van der Waals surface area contributed by atoms with Crippen LogP contribution in [0.2, 0.25) is 0 Å². The number of fused-ring (bicyclic) bond motifs is 1. The van der Waals surface area contributed by atoms with Crippen LogP contribution in [0, 0.1) is 26.6 Å². The number of nitrogens with one attached hydrogen (secondary N) is 1. The Kier molecular flexibility index (Phi) is 4.28. The quantitative estimate of drug-likeness (QED) is 0.519. The molecule has 2 aromatic carbocycles. The third-order valence-electron chi connectivity index (χ3n) is 4.53. The molecule has 0 saturated carbocycles. The molecule has 0 unspecified atom stereocenters. The maximum Gasteiger partial charge on any atom is 0.267 e. The second-order valence-electron chi connectivity index (χ2n) is 6.57. The fraction of sp³-hybridized carbons (Fsp3) is 0.143. The van der Waals surface area contributed by atoms with Crippen LogP contribution in [0.3, 0.4) is 0 Å². The van der Waals surface area contributed by atoms with E-state index in [4.69, 9.17) is 0 Å². The summed E-state index contributed by atoms with van der Waals surface area (Å²) in [5.41, 5.74) is 5.42. The summed E-state index contributed by atoms with van der Waals surface area (Å²) in [5.74, 6) is -0.417. The van der Waals surface area contributed by atoms with E-state index in [1.807, 2.05) is 49.6 Å². The molecule has 0 fully saturated rings. The van der Waals surface area contributed by atoms with Crippen LogP contribution in [0.4, 0.5) is 10.1 Å². The first-order valence-corrected chi connectivity index (χ1v) is 9.37. The Labute approximate surface area is 160 Å². The first kappa shape index (κ1) is 17.4. The van der Waals surface area contributed by atoms with Gasteiger partial charge in [0, 0.05) is 23.1 Å². The van der Waals surface area contributed by atoms with Gasteiger partial charge in [-0.25, -0.2) is 9.37 Å². The lowest BCUT2D eigenvalue weighted by Crippen LogP contribution is -2.12. The second kappa shape index (κ2) is 6.63. The first-order chi connectivity index (χ1) is 12.9. The lowest BCUT2D eigenvalue weighted by atomic mass is 10.1. The van der Waals surface area contributed by atoms with Crippen molar-refractivity contribution in [3.63, 3.8) is 0 Å². The number of amides is 1. The zero-order chi connectivity index (χ0) is 19.1. The van der Waals surface area contributed by atoms with Gasteiger partial charge in [0.25, 0.3) is 5.91 Å². The van der Waals surface area contributed by atoms with Crippen molar-refractivity contribution in [2.45, 2.75) is 20.8 Å². The summed E-state index contributed by atoms with van der Waals surface area (Å²) in [5, 5.41) is 2.99. The number of anilines is 1. The number of carbonyl (C=O) groups is 1. The molecule has 0 radical (unpaired) electrons. The van der Waals surface area contributed by atoms with Crippen LogP contribution in [0.15, 0.2) is 48.7 Å². The van der Waals surface area contributed by atoms with Crippen LogP contribution in [-0.2, 0) is 0 Å². The first-order valence-electron chi connectivity index (χ1n) is 8.55. The summed E-state index contributed by atoms with van der Waals surface area (Å²) in [7, 11) is 0. The van der Waals surface area contributed by atoms with Gasteiger partial charge in [-0.15, -0.1) is 0 Å². The molecule has 2 aromatic heterocycles. The molecule has 0 saturated heterocycles.